The van der Waals surface area contributed by atoms with Crippen molar-refractivity contribution in [1.29, 1.82) is 0 Å². The van der Waals surface area contributed by atoms with E-state index in [2.05, 4.69) is 10.3 Å². The first-order chi connectivity index (χ1) is 12.5. The van der Waals surface area contributed by atoms with Gasteiger partial charge in [0, 0.05) is 24.0 Å². The number of rotatable bonds is 3. The molecule has 1 aromatic carbocycles. The largest absolute Gasteiger partial charge is 0.450 e. The first-order valence-electron chi connectivity index (χ1n) is 8.13. The standard InChI is InChI=1S/C18H17Cl2N3O3/c1-2-26-18(25)23-6-5-13-11(10-23)8-21-9-14(13)17(24)22-16-7-12(19)3-4-15(16)20/h3-4,7-9H,2,5-6,10H2,1H3,(H,22,24). The fourth-order valence-electron chi connectivity index (χ4n) is 2.84. The molecule has 2 heterocycles. The maximum Gasteiger partial charge on any atom is 0.410 e. The molecule has 6 nitrogen and oxygen atoms in total. The second-order valence-corrected chi connectivity index (χ2v) is 6.62. The fraction of sp³-hybridized carbons (Fsp3) is 0.278. The molecule has 2 aromatic rings. The molecule has 0 unspecified atom stereocenters. The second-order valence-electron chi connectivity index (χ2n) is 5.77. The van der Waals surface area contributed by atoms with Gasteiger partial charge in [0.2, 0.25) is 0 Å². The normalized spacial score (nSPS) is 13.1. The third-order valence-corrected chi connectivity index (χ3v) is 4.65. The van der Waals surface area contributed by atoms with Crippen LogP contribution in [0.1, 0.15) is 28.4 Å². The maximum absolute atomic E-state index is 12.7. The molecule has 0 saturated heterocycles. The van der Waals surface area contributed by atoms with Crippen LogP contribution in [0, 0.1) is 0 Å². The molecule has 26 heavy (non-hydrogen) atoms. The molecule has 1 aliphatic rings. The maximum atomic E-state index is 12.7. The van der Waals surface area contributed by atoms with Crippen molar-refractivity contribution in [3.63, 3.8) is 0 Å². The number of hydrogen-bond acceptors (Lipinski definition) is 4. The highest BCUT2D eigenvalue weighted by atomic mass is 35.5. The number of pyridine rings is 1. The lowest BCUT2D eigenvalue weighted by Gasteiger charge is -2.28. The number of anilines is 1. The minimum absolute atomic E-state index is 0.317. The third-order valence-electron chi connectivity index (χ3n) is 4.09. The molecule has 1 aromatic heterocycles. The van der Waals surface area contributed by atoms with E-state index in [1.807, 2.05) is 0 Å². The van der Waals surface area contributed by atoms with Gasteiger partial charge in [-0.2, -0.15) is 0 Å². The Balaban J connectivity index is 1.82. The fourth-order valence-corrected chi connectivity index (χ4v) is 3.18. The Morgan fingerprint density at radius 2 is 2.12 bits per heavy atom. The van der Waals surface area contributed by atoms with Crippen LogP contribution in [0.15, 0.2) is 30.6 Å². The van der Waals surface area contributed by atoms with Gasteiger partial charge in [0.05, 0.1) is 29.4 Å². The summed E-state index contributed by atoms with van der Waals surface area (Å²) < 4.78 is 5.04. The van der Waals surface area contributed by atoms with E-state index in [1.54, 1.807) is 36.2 Å². The Labute approximate surface area is 161 Å². The highest BCUT2D eigenvalue weighted by Crippen LogP contribution is 2.27. The molecule has 3 rings (SSSR count). The Bertz CT molecular complexity index is 858. The van der Waals surface area contributed by atoms with Gasteiger partial charge in [-0.05, 0) is 42.7 Å². The number of carbonyl (C=O) groups is 2. The van der Waals surface area contributed by atoms with Crippen molar-refractivity contribution in [3.8, 4) is 0 Å². The number of nitrogens with zero attached hydrogens (tertiary/aromatic N) is 2. The summed E-state index contributed by atoms with van der Waals surface area (Å²) in [7, 11) is 0. The van der Waals surface area contributed by atoms with Gasteiger partial charge in [-0.15, -0.1) is 0 Å². The summed E-state index contributed by atoms with van der Waals surface area (Å²) in [4.78, 5) is 30.4. The molecule has 0 radical (unpaired) electrons. The Morgan fingerprint density at radius 3 is 2.88 bits per heavy atom. The van der Waals surface area contributed by atoms with Crippen LogP contribution in [0.2, 0.25) is 10.0 Å². The van der Waals surface area contributed by atoms with Gasteiger partial charge in [-0.25, -0.2) is 4.79 Å². The molecule has 1 N–H and O–H groups in total. The average Bonchev–Trinajstić information content (AvgIpc) is 2.64. The predicted octanol–water partition coefficient (Wildman–Crippen LogP) is 4.16. The number of benzene rings is 1. The molecule has 0 spiro atoms. The molecule has 0 atom stereocenters. The van der Waals surface area contributed by atoms with E-state index in [0.717, 1.165) is 11.1 Å². The van der Waals surface area contributed by atoms with E-state index in [4.69, 9.17) is 27.9 Å². The summed E-state index contributed by atoms with van der Waals surface area (Å²) in [6.45, 7) is 2.93. The van der Waals surface area contributed by atoms with Crippen LogP contribution >= 0.6 is 23.2 Å². The number of halogens is 2. The molecule has 136 valence electrons. The van der Waals surface area contributed by atoms with Crippen LogP contribution in [0.5, 0.6) is 0 Å². The molecule has 2 amide bonds. The van der Waals surface area contributed by atoms with E-state index >= 15 is 0 Å². The van der Waals surface area contributed by atoms with Crippen LogP contribution in [0.25, 0.3) is 0 Å². The number of amides is 2. The summed E-state index contributed by atoms with van der Waals surface area (Å²) in [5.41, 5.74) is 2.60. The highest BCUT2D eigenvalue weighted by Gasteiger charge is 2.25. The zero-order valence-corrected chi connectivity index (χ0v) is 15.6. The van der Waals surface area contributed by atoms with Gasteiger partial charge in [0.25, 0.3) is 5.91 Å². The van der Waals surface area contributed by atoms with E-state index in [1.165, 1.54) is 6.20 Å². The lowest BCUT2D eigenvalue weighted by molar-refractivity contribution is 0.101. The van der Waals surface area contributed by atoms with Crippen molar-refractivity contribution in [2.45, 2.75) is 19.9 Å². The van der Waals surface area contributed by atoms with Crippen LogP contribution in [-0.4, -0.2) is 35.0 Å². The topological polar surface area (TPSA) is 71.5 Å². The first kappa shape index (κ1) is 18.5. The predicted molar refractivity (Wildman–Crippen MR) is 99.8 cm³/mol. The molecule has 0 fully saturated rings. The number of hydrogen-bond donors (Lipinski definition) is 1. The monoisotopic (exact) mass is 393 g/mol. The van der Waals surface area contributed by atoms with E-state index < -0.39 is 0 Å². The summed E-state index contributed by atoms with van der Waals surface area (Å²) in [5.74, 6) is -0.317. The van der Waals surface area contributed by atoms with Crippen molar-refractivity contribution >= 4 is 40.9 Å². The molecule has 1 aliphatic heterocycles. The van der Waals surface area contributed by atoms with Gasteiger partial charge in [0.15, 0.2) is 0 Å². The smallest absolute Gasteiger partial charge is 0.410 e. The molecule has 0 bridgehead atoms. The Kier molecular flexibility index (Phi) is 5.64. The van der Waals surface area contributed by atoms with Crippen molar-refractivity contribution in [1.82, 2.24) is 9.88 Å². The van der Waals surface area contributed by atoms with E-state index in [-0.39, 0.29) is 12.0 Å². The lowest BCUT2D eigenvalue weighted by atomic mass is 9.97. The Morgan fingerprint density at radius 1 is 1.31 bits per heavy atom. The van der Waals surface area contributed by atoms with Gasteiger partial charge in [-0.1, -0.05) is 23.2 Å². The summed E-state index contributed by atoms with van der Waals surface area (Å²) in [5, 5.41) is 3.64. The molecule has 0 aliphatic carbocycles. The summed E-state index contributed by atoms with van der Waals surface area (Å²) >= 11 is 12.1. The zero-order valence-electron chi connectivity index (χ0n) is 14.1. The minimum Gasteiger partial charge on any atom is -0.450 e. The van der Waals surface area contributed by atoms with Gasteiger partial charge in [0.1, 0.15) is 0 Å². The molecule has 0 saturated carbocycles. The van der Waals surface area contributed by atoms with Crippen LogP contribution in [-0.2, 0) is 17.7 Å². The summed E-state index contributed by atoms with van der Waals surface area (Å²) in [6.07, 6.45) is 3.37. The van der Waals surface area contributed by atoms with Crippen molar-refractivity contribution in [3.05, 3.63) is 57.3 Å². The number of ether oxygens (including phenoxy) is 1. The number of aromatic nitrogens is 1. The van der Waals surface area contributed by atoms with Gasteiger partial charge >= 0.3 is 6.09 Å². The average molecular weight is 394 g/mol. The van der Waals surface area contributed by atoms with Crippen molar-refractivity contribution in [2.75, 3.05) is 18.5 Å². The van der Waals surface area contributed by atoms with E-state index in [9.17, 15) is 9.59 Å². The SMILES string of the molecule is CCOC(=O)N1CCc2c(cncc2C(=O)Nc2cc(Cl)ccc2Cl)C1. The number of fused-ring (bicyclic) bond motifs is 1. The second kappa shape index (κ2) is 7.93. The quantitative estimate of drug-likeness (QED) is 0.849. The first-order valence-corrected chi connectivity index (χ1v) is 8.89. The lowest BCUT2D eigenvalue weighted by Crippen LogP contribution is -2.37. The van der Waals surface area contributed by atoms with Crippen molar-refractivity contribution in [2.24, 2.45) is 0 Å². The summed E-state index contributed by atoms with van der Waals surface area (Å²) in [6, 6.07) is 4.86. The Hall–Kier alpha value is -2.31. The molecule has 8 heteroatoms. The number of carbonyl (C=O) groups excluding carboxylic acids is 2. The highest BCUT2D eigenvalue weighted by molar-refractivity contribution is 6.35. The third kappa shape index (κ3) is 3.92. The van der Waals surface area contributed by atoms with Crippen LogP contribution in [0.4, 0.5) is 10.5 Å². The molecular formula is C18H17Cl2N3O3. The minimum atomic E-state index is -0.362. The molecular weight excluding hydrogens is 377 g/mol. The van der Waals surface area contributed by atoms with Crippen LogP contribution < -0.4 is 5.32 Å². The van der Waals surface area contributed by atoms with Gasteiger partial charge < -0.3 is 15.0 Å². The zero-order chi connectivity index (χ0) is 18.7. The van der Waals surface area contributed by atoms with E-state index in [0.29, 0.717) is 47.4 Å². The van der Waals surface area contributed by atoms with Crippen LogP contribution in [0.3, 0.4) is 0 Å². The van der Waals surface area contributed by atoms with Gasteiger partial charge in [-0.3, -0.25) is 9.78 Å². The van der Waals surface area contributed by atoms with Crippen molar-refractivity contribution < 1.29 is 14.3 Å². The number of nitrogens with one attached hydrogen (secondary N) is 1.